The highest BCUT2D eigenvalue weighted by Gasteiger charge is 2.42. The zero-order chi connectivity index (χ0) is 86.2. The van der Waals surface area contributed by atoms with Gasteiger partial charge in [-0.05, 0) is 81.1 Å². The van der Waals surface area contributed by atoms with E-state index < -0.39 is 154 Å². The molecule has 3 aliphatic rings. The fourth-order valence-corrected chi connectivity index (χ4v) is 19.1. The molecule has 0 aromatic heterocycles. The Labute approximate surface area is 724 Å². The number of Topliss-reactive ketones (excluding diaryl/α,β-unsaturated/α-hetero) is 13. The number of carbonyl (C=O) groups is 16. The number of aliphatic imine (C=N–C) groups is 1. The Bertz CT molecular complexity index is 3530. The molecule has 23 nitrogen and oxygen atoms in total. The number of hydrogen-bond donors (Lipinski definition) is 3. The first kappa shape index (κ1) is 107. The van der Waals surface area contributed by atoms with Gasteiger partial charge in [0.25, 0.3) is 0 Å². The van der Waals surface area contributed by atoms with Crippen LogP contribution in [0.5, 0.6) is 0 Å². The van der Waals surface area contributed by atoms with E-state index in [2.05, 4.69) is 4.99 Å². The van der Waals surface area contributed by atoms with Gasteiger partial charge in [0.1, 0.15) is 75.2 Å². The highest BCUT2D eigenvalue weighted by atomic mass is 32.2. The molecule has 0 spiro atoms. The van der Waals surface area contributed by atoms with E-state index >= 15 is 9.59 Å². The number of hydrogen-bond acceptors (Lipinski definition) is 21. The van der Waals surface area contributed by atoms with Gasteiger partial charge in [0, 0.05) is 208 Å². The molecule has 15 atom stereocenters. The van der Waals surface area contributed by atoms with E-state index in [1.54, 1.807) is 71.9 Å². The van der Waals surface area contributed by atoms with Crippen molar-refractivity contribution in [2.45, 2.75) is 245 Å². The number of aliphatic hydroxyl groups is 1. The van der Waals surface area contributed by atoms with Crippen LogP contribution in [0.2, 0.25) is 0 Å². The molecule has 3 aliphatic heterocycles. The van der Waals surface area contributed by atoms with Crippen molar-refractivity contribution in [3.63, 3.8) is 0 Å². The van der Waals surface area contributed by atoms with Crippen LogP contribution in [0.25, 0.3) is 0 Å². The molecule has 3 heterocycles. The second-order valence-corrected chi connectivity index (χ2v) is 38.7. The number of rotatable bonds is 16. The van der Waals surface area contributed by atoms with Gasteiger partial charge in [0.2, 0.25) is 17.7 Å². The van der Waals surface area contributed by atoms with Crippen LogP contribution in [0.1, 0.15) is 238 Å². The SMILES string of the molecule is CC(=O)[C@H]1CSCCC(=O)N2CN3CN(C2)C(=O)CCSC[C@@H](CC(C)C)C(=O)C[C@H](C(C)C)C(=O)C(C)C(C)C(=O)C[C@H](C(C)C)C(=O)C[C@H](CSCCC3=O)C(=O)C[C@H](C)C(=O)C[C@H](CC(C)C)C(=O)C[C@H](Cc2ccccc2)C(=O)C[C@H](C(C)O)C(=O)C[C@H](CCCCN=C(N)N)C(=O)C[C@H](C)C(=O)C[C@H](C(C)C)C(=O)C1.S.S. The third kappa shape index (κ3) is 36.9. The van der Waals surface area contributed by atoms with Crippen LogP contribution in [0, 0.1) is 112 Å². The van der Waals surface area contributed by atoms with E-state index in [4.69, 9.17) is 11.5 Å². The molecule has 660 valence electrons. The standard InChI is InChI=1S/C89H138N6O17S3.2H2S/c1-52(2)32-65-38-74(98)57(11)35-78(102)69-41-83(107)71(55(7)8)43-76(100)59(13)60(14)88(112)72(56(9)10)44-81(105)68(33-53(3)4)47-114-30-26-86(110)94-49-93(50-95(51-94)87(111)27-31-115-48-69)85(109)25-29-113-46-67(61(15)96)40-82(106)70(54(5)6)42-75(99)58(12)34-77(101)64(24-20-21-28-92-89(90)91)37-84(108)73(62(16)97)45-80(104)66(39-79(65)103)36-63-22-18-17-19-23-63;;/h17-19,22-23,52-60,62,64-73,97H,20-21,24-51H2,1-16H3,(H4,90,91,92);2*1H2/t57-,58-,59?,60?,62?,64-,65-,66-,67+,68+,69+,70+,71+,72+,73+;;/m0../s1. The minimum atomic E-state index is -1.39. The molecule has 5 N–H and O–H groups in total. The van der Waals surface area contributed by atoms with Crippen molar-refractivity contribution >= 4 is 161 Å². The van der Waals surface area contributed by atoms with Gasteiger partial charge in [-0.3, -0.25) is 81.7 Å². The number of fused-ring (bicyclic) bond motifs is 7. The summed E-state index contributed by atoms with van der Waals surface area (Å²) in [5.41, 5.74) is 11.9. The van der Waals surface area contributed by atoms with Crippen LogP contribution in [-0.2, 0) is 83.1 Å². The van der Waals surface area contributed by atoms with Crippen LogP contribution in [0.3, 0.4) is 0 Å². The van der Waals surface area contributed by atoms with Crippen molar-refractivity contribution in [2.24, 2.45) is 129 Å². The first-order chi connectivity index (χ1) is 54.0. The molecule has 3 fully saturated rings. The number of carbonyl (C=O) groups excluding carboxylic acids is 16. The second-order valence-electron chi connectivity index (χ2n) is 35.3. The summed E-state index contributed by atoms with van der Waals surface area (Å²) in [6.07, 6.45) is -2.93. The van der Waals surface area contributed by atoms with Crippen LogP contribution < -0.4 is 11.5 Å². The molecule has 4 bridgehead atoms. The number of ketones is 13. The Hall–Kier alpha value is -5.68. The van der Waals surface area contributed by atoms with Crippen LogP contribution >= 0.6 is 62.3 Å². The van der Waals surface area contributed by atoms with Crippen molar-refractivity contribution in [3.8, 4) is 0 Å². The van der Waals surface area contributed by atoms with Gasteiger partial charge in [-0.1, -0.05) is 134 Å². The third-order valence-electron chi connectivity index (χ3n) is 23.7. The third-order valence-corrected chi connectivity index (χ3v) is 27.1. The van der Waals surface area contributed by atoms with E-state index in [-0.39, 0.29) is 249 Å². The Morgan fingerprint density at radius 3 is 1.35 bits per heavy atom. The zero-order valence-electron chi connectivity index (χ0n) is 72.8. The second kappa shape index (κ2) is 54.0. The maximum absolute atomic E-state index is 15.0. The average Bonchev–Trinajstić information content (AvgIpc) is 0.845. The van der Waals surface area contributed by atoms with E-state index in [0.29, 0.717) is 36.3 Å². The van der Waals surface area contributed by atoms with Gasteiger partial charge >= 0.3 is 0 Å². The van der Waals surface area contributed by atoms with Crippen molar-refractivity contribution in [3.05, 3.63) is 35.9 Å². The summed E-state index contributed by atoms with van der Waals surface area (Å²) in [5, 5.41) is 11.4. The van der Waals surface area contributed by atoms with Crippen molar-refractivity contribution in [2.75, 3.05) is 61.1 Å². The number of aliphatic hydroxyl groups excluding tert-OH is 1. The number of amides is 3. The monoisotopic (exact) mass is 1730 g/mol. The lowest BCUT2D eigenvalue weighted by Gasteiger charge is -2.42. The maximum Gasteiger partial charge on any atom is 0.226 e. The summed E-state index contributed by atoms with van der Waals surface area (Å²) in [5.74, 6) is -18.4. The molecule has 1 aromatic carbocycles. The van der Waals surface area contributed by atoms with Gasteiger partial charge in [-0.25, -0.2) is 0 Å². The molecule has 0 aliphatic carbocycles. The highest BCUT2D eigenvalue weighted by molar-refractivity contribution is 7.99. The summed E-state index contributed by atoms with van der Waals surface area (Å²) in [7, 11) is 0. The molecular formula is C89H142N6O17S5. The molecule has 0 radical (unpaired) electrons. The molecule has 0 saturated carbocycles. The van der Waals surface area contributed by atoms with E-state index in [1.165, 1.54) is 63.8 Å². The lowest BCUT2D eigenvalue weighted by atomic mass is 9.74. The average molecular weight is 1730 g/mol. The lowest BCUT2D eigenvalue weighted by molar-refractivity contribution is -0.158. The smallest absolute Gasteiger partial charge is 0.226 e. The number of unbranched alkanes of at least 4 members (excludes halogenated alkanes) is 1. The molecule has 3 amide bonds. The summed E-state index contributed by atoms with van der Waals surface area (Å²) < 4.78 is 0. The van der Waals surface area contributed by atoms with Gasteiger partial charge in [0.15, 0.2) is 5.96 Å². The largest absolute Gasteiger partial charge is 0.393 e. The fraction of sp³-hybridized carbons (Fsp3) is 0.742. The predicted molar refractivity (Wildman–Crippen MR) is 475 cm³/mol. The summed E-state index contributed by atoms with van der Waals surface area (Å²) in [4.78, 5) is 241. The van der Waals surface area contributed by atoms with Crippen LogP contribution in [-0.4, -0.2) is 186 Å². The normalized spacial score (nSPS) is 27.7. The predicted octanol–water partition coefficient (Wildman–Crippen LogP) is 12.5. The lowest BCUT2D eigenvalue weighted by Crippen LogP contribution is -2.59. The van der Waals surface area contributed by atoms with Crippen molar-refractivity contribution in [1.82, 2.24) is 14.7 Å². The number of benzene rings is 1. The summed E-state index contributed by atoms with van der Waals surface area (Å²) in [6, 6.07) is 8.97. The van der Waals surface area contributed by atoms with E-state index in [1.807, 2.05) is 55.4 Å². The Morgan fingerprint density at radius 2 is 0.855 bits per heavy atom. The topological polar surface area (TPSA) is 367 Å². The van der Waals surface area contributed by atoms with Gasteiger partial charge in [0.05, 0.1) is 32.0 Å². The van der Waals surface area contributed by atoms with E-state index in [0.717, 1.165) is 0 Å². The number of nitrogens with zero attached hydrogens (tertiary/aromatic N) is 4. The minimum absolute atomic E-state index is 0. The zero-order valence-corrected chi connectivity index (χ0v) is 77.2. The van der Waals surface area contributed by atoms with Crippen LogP contribution in [0.15, 0.2) is 35.3 Å². The molecule has 4 rings (SSSR count). The quantitative estimate of drug-likeness (QED) is 0.0786. The summed E-state index contributed by atoms with van der Waals surface area (Å²) >= 11 is 3.95. The van der Waals surface area contributed by atoms with Crippen molar-refractivity contribution in [1.29, 1.82) is 0 Å². The molecule has 3 unspecified atom stereocenters. The number of nitrogens with two attached hydrogens (primary N) is 2. The van der Waals surface area contributed by atoms with E-state index in [9.17, 15) is 72.2 Å². The number of thioether (sulfide) groups is 3. The van der Waals surface area contributed by atoms with Gasteiger partial charge in [-0.15, -0.1) is 0 Å². The molecule has 28 heteroatoms. The summed E-state index contributed by atoms with van der Waals surface area (Å²) in [6.45, 7) is 27.8. The fourth-order valence-electron chi connectivity index (χ4n) is 15.8. The Morgan fingerprint density at radius 1 is 0.444 bits per heavy atom. The Balaban J connectivity index is 0.0000232. The van der Waals surface area contributed by atoms with Crippen LogP contribution in [0.4, 0.5) is 0 Å². The minimum Gasteiger partial charge on any atom is -0.393 e. The molecule has 1 aromatic rings. The van der Waals surface area contributed by atoms with Gasteiger partial charge < -0.3 is 31.3 Å². The first-order valence-corrected chi connectivity index (χ1v) is 45.7. The number of guanidine groups is 1. The highest BCUT2D eigenvalue weighted by Crippen LogP contribution is 2.36. The molecule has 3 saturated heterocycles. The molecule has 117 heavy (non-hydrogen) atoms. The Kier molecular flexibility index (Phi) is 49.5. The molecular weight excluding hydrogens is 1590 g/mol. The first-order valence-electron chi connectivity index (χ1n) is 42.2. The van der Waals surface area contributed by atoms with Gasteiger partial charge in [-0.2, -0.15) is 62.3 Å². The van der Waals surface area contributed by atoms with Crippen molar-refractivity contribution < 1.29 is 81.8 Å². The maximum atomic E-state index is 15.0.